The standard InChI is InChI=1S/C10H9BrClNO2/c11-8-2-6(12)1-5-4-13-9(10(14)15)3-7(5)8/h1-2,9,13H,3-4H2,(H,14,15). The van der Waals surface area contributed by atoms with Crippen molar-refractivity contribution in [2.45, 2.75) is 19.0 Å². The third-order valence-electron chi connectivity index (χ3n) is 2.50. The molecule has 1 aliphatic heterocycles. The number of nitrogens with one attached hydrogen (secondary N) is 1. The maximum atomic E-state index is 10.8. The maximum Gasteiger partial charge on any atom is 0.321 e. The van der Waals surface area contributed by atoms with Gasteiger partial charge in [0.25, 0.3) is 0 Å². The van der Waals surface area contributed by atoms with Crippen molar-refractivity contribution in [2.75, 3.05) is 0 Å². The summed E-state index contributed by atoms with van der Waals surface area (Å²) in [6, 6.07) is 3.16. The number of halogens is 2. The van der Waals surface area contributed by atoms with Gasteiger partial charge in [-0.1, -0.05) is 27.5 Å². The van der Waals surface area contributed by atoms with Crippen LogP contribution in [0.15, 0.2) is 16.6 Å². The minimum Gasteiger partial charge on any atom is -0.480 e. The second kappa shape index (κ2) is 4.12. The normalized spacial score (nSPS) is 19.7. The van der Waals surface area contributed by atoms with Gasteiger partial charge in [0.2, 0.25) is 0 Å². The molecule has 0 aromatic heterocycles. The first-order valence-corrected chi connectivity index (χ1v) is 5.68. The quantitative estimate of drug-likeness (QED) is 0.833. The molecule has 0 saturated heterocycles. The fourth-order valence-electron chi connectivity index (χ4n) is 1.73. The number of hydrogen-bond donors (Lipinski definition) is 2. The second-order valence-electron chi connectivity index (χ2n) is 3.50. The lowest BCUT2D eigenvalue weighted by Crippen LogP contribution is -2.41. The first-order chi connectivity index (χ1) is 7.08. The zero-order chi connectivity index (χ0) is 11.0. The highest BCUT2D eigenvalue weighted by Crippen LogP contribution is 2.29. The van der Waals surface area contributed by atoms with Gasteiger partial charge in [-0.3, -0.25) is 4.79 Å². The molecule has 3 nitrogen and oxygen atoms in total. The van der Waals surface area contributed by atoms with Crippen molar-refractivity contribution >= 4 is 33.5 Å². The predicted molar refractivity (Wildman–Crippen MR) is 61.1 cm³/mol. The lowest BCUT2D eigenvalue weighted by Gasteiger charge is -2.24. The zero-order valence-electron chi connectivity index (χ0n) is 7.76. The van der Waals surface area contributed by atoms with Crippen LogP contribution >= 0.6 is 27.5 Å². The maximum absolute atomic E-state index is 10.8. The summed E-state index contributed by atoms with van der Waals surface area (Å²) in [5.41, 5.74) is 2.09. The van der Waals surface area contributed by atoms with Gasteiger partial charge in [-0.05, 0) is 29.7 Å². The van der Waals surface area contributed by atoms with Gasteiger partial charge < -0.3 is 10.4 Å². The molecule has 0 fully saturated rings. The van der Waals surface area contributed by atoms with Crippen LogP contribution in [-0.2, 0) is 17.8 Å². The summed E-state index contributed by atoms with van der Waals surface area (Å²) in [5.74, 6) is -0.817. The molecule has 0 saturated carbocycles. The number of hydrogen-bond acceptors (Lipinski definition) is 2. The van der Waals surface area contributed by atoms with E-state index in [4.69, 9.17) is 16.7 Å². The Kier molecular flexibility index (Phi) is 3.00. The molecule has 1 unspecified atom stereocenters. The van der Waals surface area contributed by atoms with E-state index in [1.807, 2.05) is 6.07 Å². The number of benzene rings is 1. The summed E-state index contributed by atoms with van der Waals surface area (Å²) in [6.07, 6.45) is 0.489. The molecule has 80 valence electrons. The summed E-state index contributed by atoms with van der Waals surface area (Å²) in [5, 5.41) is 12.5. The van der Waals surface area contributed by atoms with Gasteiger partial charge in [0.1, 0.15) is 6.04 Å². The molecule has 0 amide bonds. The van der Waals surface area contributed by atoms with Gasteiger partial charge >= 0.3 is 5.97 Å². The molecule has 1 aliphatic rings. The Morgan fingerprint density at radius 2 is 2.33 bits per heavy atom. The number of aliphatic carboxylic acids is 1. The van der Waals surface area contributed by atoms with Gasteiger partial charge in [0.15, 0.2) is 0 Å². The van der Waals surface area contributed by atoms with Gasteiger partial charge in [-0.25, -0.2) is 0 Å². The van der Waals surface area contributed by atoms with Gasteiger partial charge in [0, 0.05) is 16.0 Å². The van der Waals surface area contributed by atoms with E-state index in [9.17, 15) is 4.79 Å². The van der Waals surface area contributed by atoms with Crippen LogP contribution in [0.2, 0.25) is 5.02 Å². The Labute approximate surface area is 101 Å². The molecular formula is C10H9BrClNO2. The van der Waals surface area contributed by atoms with Crippen molar-refractivity contribution in [3.63, 3.8) is 0 Å². The first kappa shape index (κ1) is 10.9. The van der Waals surface area contributed by atoms with Crippen molar-refractivity contribution in [2.24, 2.45) is 0 Å². The Morgan fingerprint density at radius 1 is 1.60 bits per heavy atom. The van der Waals surface area contributed by atoms with Gasteiger partial charge in [-0.2, -0.15) is 0 Å². The average Bonchev–Trinajstić information content (AvgIpc) is 2.16. The Morgan fingerprint density at radius 3 is 3.00 bits per heavy atom. The minimum absolute atomic E-state index is 0.489. The van der Waals surface area contributed by atoms with E-state index in [0.717, 1.165) is 15.6 Å². The highest BCUT2D eigenvalue weighted by atomic mass is 79.9. The molecule has 0 radical (unpaired) electrons. The summed E-state index contributed by atoms with van der Waals surface area (Å²) >= 11 is 9.31. The highest BCUT2D eigenvalue weighted by Gasteiger charge is 2.25. The van der Waals surface area contributed by atoms with Crippen LogP contribution in [0.3, 0.4) is 0 Å². The topological polar surface area (TPSA) is 49.3 Å². The van der Waals surface area contributed by atoms with Crippen molar-refractivity contribution < 1.29 is 9.90 Å². The minimum atomic E-state index is -0.817. The van der Waals surface area contributed by atoms with E-state index < -0.39 is 12.0 Å². The van der Waals surface area contributed by atoms with E-state index >= 15 is 0 Å². The van der Waals surface area contributed by atoms with Crippen LogP contribution in [0.5, 0.6) is 0 Å². The third-order valence-corrected chi connectivity index (χ3v) is 3.42. The van der Waals surface area contributed by atoms with Crippen molar-refractivity contribution in [1.29, 1.82) is 0 Å². The monoisotopic (exact) mass is 289 g/mol. The molecular weight excluding hydrogens is 281 g/mol. The molecule has 1 aromatic carbocycles. The highest BCUT2D eigenvalue weighted by molar-refractivity contribution is 9.10. The van der Waals surface area contributed by atoms with E-state index in [1.54, 1.807) is 6.07 Å². The number of fused-ring (bicyclic) bond motifs is 1. The van der Waals surface area contributed by atoms with Gasteiger partial charge in [0.05, 0.1) is 0 Å². The molecule has 0 spiro atoms. The third kappa shape index (κ3) is 2.17. The second-order valence-corrected chi connectivity index (χ2v) is 4.79. The smallest absolute Gasteiger partial charge is 0.321 e. The van der Waals surface area contributed by atoms with E-state index in [2.05, 4.69) is 21.2 Å². The summed E-state index contributed by atoms with van der Waals surface area (Å²) < 4.78 is 0.887. The first-order valence-electron chi connectivity index (χ1n) is 4.51. The fourth-order valence-corrected chi connectivity index (χ4v) is 2.76. The predicted octanol–water partition coefficient (Wildman–Crippen LogP) is 2.20. The molecule has 2 rings (SSSR count). The van der Waals surface area contributed by atoms with Crippen molar-refractivity contribution in [1.82, 2.24) is 5.32 Å². The molecule has 1 atom stereocenters. The van der Waals surface area contributed by atoms with E-state index in [0.29, 0.717) is 18.0 Å². The van der Waals surface area contributed by atoms with Crippen LogP contribution in [0.4, 0.5) is 0 Å². The van der Waals surface area contributed by atoms with Crippen LogP contribution in [0.25, 0.3) is 0 Å². The largest absolute Gasteiger partial charge is 0.480 e. The SMILES string of the molecule is O=C(O)C1Cc2c(Br)cc(Cl)cc2CN1. The van der Waals surface area contributed by atoms with Crippen molar-refractivity contribution in [3.8, 4) is 0 Å². The fraction of sp³-hybridized carbons (Fsp3) is 0.300. The Bertz CT molecular complexity index is 422. The molecule has 2 N–H and O–H groups in total. The molecule has 0 aliphatic carbocycles. The number of carboxylic acid groups (broad SMARTS) is 1. The number of rotatable bonds is 1. The summed E-state index contributed by atoms with van der Waals surface area (Å²) in [6.45, 7) is 0.547. The van der Waals surface area contributed by atoms with Gasteiger partial charge in [-0.15, -0.1) is 0 Å². The van der Waals surface area contributed by atoms with Crippen LogP contribution in [0, 0.1) is 0 Å². The molecule has 0 bridgehead atoms. The van der Waals surface area contributed by atoms with E-state index in [1.165, 1.54) is 0 Å². The summed E-state index contributed by atoms with van der Waals surface area (Å²) in [4.78, 5) is 10.8. The Balaban J connectivity index is 2.37. The lowest BCUT2D eigenvalue weighted by atomic mass is 9.96. The molecule has 1 aromatic rings. The Hall–Kier alpha value is -0.580. The van der Waals surface area contributed by atoms with Crippen molar-refractivity contribution in [3.05, 3.63) is 32.8 Å². The van der Waals surface area contributed by atoms with Crippen LogP contribution in [-0.4, -0.2) is 17.1 Å². The van der Waals surface area contributed by atoms with Crippen LogP contribution in [0.1, 0.15) is 11.1 Å². The number of carbonyl (C=O) groups is 1. The molecule has 1 heterocycles. The summed E-state index contributed by atoms with van der Waals surface area (Å²) in [7, 11) is 0. The number of carboxylic acids is 1. The zero-order valence-corrected chi connectivity index (χ0v) is 10.1. The van der Waals surface area contributed by atoms with E-state index in [-0.39, 0.29) is 0 Å². The molecule has 15 heavy (non-hydrogen) atoms. The average molecular weight is 291 g/mol. The lowest BCUT2D eigenvalue weighted by molar-refractivity contribution is -0.139. The van der Waals surface area contributed by atoms with Crippen LogP contribution < -0.4 is 5.32 Å². The molecule has 5 heteroatoms.